The van der Waals surface area contributed by atoms with Gasteiger partial charge in [0.1, 0.15) is 12.1 Å². The van der Waals surface area contributed by atoms with Crippen LogP contribution in [0.5, 0.6) is 0 Å². The van der Waals surface area contributed by atoms with Gasteiger partial charge < -0.3 is 14.9 Å². The Balaban J connectivity index is 1.72. The normalized spacial score (nSPS) is 25.7. The maximum atomic E-state index is 12.5. The van der Waals surface area contributed by atoms with Crippen molar-refractivity contribution in [1.29, 1.82) is 0 Å². The van der Waals surface area contributed by atoms with Gasteiger partial charge in [0.2, 0.25) is 11.8 Å². The topological polar surface area (TPSA) is 64.1 Å². The Bertz CT molecular complexity index is 624. The fraction of sp³-hybridized carbons (Fsp3) is 0.500. The van der Waals surface area contributed by atoms with Gasteiger partial charge in [0.15, 0.2) is 0 Å². The number of aliphatic hydroxyl groups excluding tert-OH is 1. The number of piperazine rings is 2. The van der Waals surface area contributed by atoms with Crippen LogP contribution >= 0.6 is 11.6 Å². The molecule has 0 spiro atoms. The second-order valence-electron chi connectivity index (χ2n) is 6.06. The first-order valence-electron chi connectivity index (χ1n) is 7.66. The SMILES string of the molecule is CN1C(=O)[C@H]2CN(Cc3cccc(Cl)c3)CCN2C(=O)[C@@H]1CO. The maximum absolute atomic E-state index is 12.5. The molecule has 2 amide bonds. The molecule has 2 aliphatic rings. The van der Waals surface area contributed by atoms with E-state index in [9.17, 15) is 14.7 Å². The number of fused-ring (bicyclic) bond motifs is 1. The van der Waals surface area contributed by atoms with Crippen LogP contribution in [0.1, 0.15) is 5.56 Å². The monoisotopic (exact) mass is 337 g/mol. The van der Waals surface area contributed by atoms with Crippen LogP contribution in [-0.2, 0) is 16.1 Å². The Morgan fingerprint density at radius 2 is 2.04 bits per heavy atom. The van der Waals surface area contributed by atoms with Gasteiger partial charge in [0.25, 0.3) is 0 Å². The highest BCUT2D eigenvalue weighted by Gasteiger charge is 2.46. The predicted molar refractivity (Wildman–Crippen MR) is 85.9 cm³/mol. The van der Waals surface area contributed by atoms with Crippen LogP contribution < -0.4 is 0 Å². The number of hydrogen-bond donors (Lipinski definition) is 1. The molecular weight excluding hydrogens is 318 g/mol. The summed E-state index contributed by atoms with van der Waals surface area (Å²) in [7, 11) is 1.58. The number of aliphatic hydroxyl groups is 1. The first-order chi connectivity index (χ1) is 11.0. The molecule has 2 atom stereocenters. The third-order valence-corrected chi connectivity index (χ3v) is 4.84. The van der Waals surface area contributed by atoms with Crippen LogP contribution in [0, 0.1) is 0 Å². The van der Waals surface area contributed by atoms with Crippen molar-refractivity contribution in [2.45, 2.75) is 18.6 Å². The lowest BCUT2D eigenvalue weighted by atomic mass is 10.0. The molecule has 2 saturated heterocycles. The first kappa shape index (κ1) is 16.2. The molecule has 0 unspecified atom stereocenters. The number of carbonyl (C=O) groups excluding carboxylic acids is 2. The zero-order valence-corrected chi connectivity index (χ0v) is 13.7. The van der Waals surface area contributed by atoms with Crippen LogP contribution in [0.3, 0.4) is 0 Å². The number of hydrogen-bond acceptors (Lipinski definition) is 4. The van der Waals surface area contributed by atoms with Gasteiger partial charge in [-0.1, -0.05) is 23.7 Å². The summed E-state index contributed by atoms with van der Waals surface area (Å²) in [6, 6.07) is 6.43. The second-order valence-corrected chi connectivity index (χ2v) is 6.50. The standard InChI is InChI=1S/C16H20ClN3O3/c1-18-14(10-21)16(23)20-6-5-19(9-13(20)15(18)22)8-11-3-2-4-12(17)7-11/h2-4,7,13-14,21H,5-6,8-10H2,1H3/t13-,14+/m1/s1. The van der Waals surface area contributed by atoms with Crippen LogP contribution in [0.25, 0.3) is 0 Å². The second kappa shape index (κ2) is 6.47. The van der Waals surface area contributed by atoms with Crippen LogP contribution in [0.2, 0.25) is 5.02 Å². The molecule has 2 aliphatic heterocycles. The van der Waals surface area contributed by atoms with Crippen molar-refractivity contribution in [2.75, 3.05) is 33.3 Å². The summed E-state index contributed by atoms with van der Waals surface area (Å²) in [5.74, 6) is -0.276. The van der Waals surface area contributed by atoms with E-state index in [1.165, 1.54) is 4.90 Å². The lowest BCUT2D eigenvalue weighted by molar-refractivity contribution is -0.165. The molecule has 1 N–H and O–H groups in total. The average molecular weight is 338 g/mol. The molecule has 0 bridgehead atoms. The molecule has 7 heteroatoms. The molecule has 0 aromatic heterocycles. The van der Waals surface area contributed by atoms with Crippen molar-refractivity contribution in [2.24, 2.45) is 0 Å². The molecule has 0 aliphatic carbocycles. The van der Waals surface area contributed by atoms with Gasteiger partial charge >= 0.3 is 0 Å². The summed E-state index contributed by atoms with van der Waals surface area (Å²) in [4.78, 5) is 30.0. The van der Waals surface area contributed by atoms with E-state index in [0.29, 0.717) is 31.2 Å². The minimum atomic E-state index is -0.752. The van der Waals surface area contributed by atoms with E-state index in [-0.39, 0.29) is 18.4 Å². The first-order valence-corrected chi connectivity index (χ1v) is 8.04. The minimum Gasteiger partial charge on any atom is -0.394 e. The van der Waals surface area contributed by atoms with E-state index in [1.54, 1.807) is 11.9 Å². The number of likely N-dealkylation sites (N-methyl/N-ethyl adjacent to an activating group) is 1. The highest BCUT2D eigenvalue weighted by Crippen LogP contribution is 2.22. The quantitative estimate of drug-likeness (QED) is 0.855. The third kappa shape index (κ3) is 3.06. The zero-order chi connectivity index (χ0) is 16.6. The summed E-state index contributed by atoms with van der Waals surface area (Å²) in [5, 5.41) is 10.0. The van der Waals surface area contributed by atoms with Crippen molar-refractivity contribution in [1.82, 2.24) is 14.7 Å². The molecule has 0 saturated carbocycles. The predicted octanol–water partition coefficient (Wildman–Crippen LogP) is 0.186. The average Bonchev–Trinajstić information content (AvgIpc) is 2.53. The molecule has 124 valence electrons. The summed E-state index contributed by atoms with van der Waals surface area (Å²) >= 11 is 6.01. The number of halogens is 1. The Morgan fingerprint density at radius 3 is 2.74 bits per heavy atom. The van der Waals surface area contributed by atoms with E-state index in [0.717, 1.165) is 5.56 Å². The van der Waals surface area contributed by atoms with Crippen LogP contribution in [-0.4, -0.2) is 77.0 Å². The van der Waals surface area contributed by atoms with Gasteiger partial charge in [-0.3, -0.25) is 14.5 Å². The summed E-state index contributed by atoms with van der Waals surface area (Å²) in [6.07, 6.45) is 0. The zero-order valence-electron chi connectivity index (χ0n) is 13.0. The van der Waals surface area contributed by atoms with E-state index in [4.69, 9.17) is 11.6 Å². The Labute approximate surface area is 140 Å². The molecule has 23 heavy (non-hydrogen) atoms. The van der Waals surface area contributed by atoms with E-state index >= 15 is 0 Å². The van der Waals surface area contributed by atoms with Crippen LogP contribution in [0.4, 0.5) is 0 Å². The van der Waals surface area contributed by atoms with Gasteiger partial charge in [0, 0.05) is 38.2 Å². The Morgan fingerprint density at radius 1 is 1.26 bits per heavy atom. The van der Waals surface area contributed by atoms with Crippen molar-refractivity contribution in [3.8, 4) is 0 Å². The Hall–Kier alpha value is -1.63. The highest BCUT2D eigenvalue weighted by atomic mass is 35.5. The van der Waals surface area contributed by atoms with Gasteiger partial charge in [-0.05, 0) is 17.7 Å². The molecule has 6 nitrogen and oxygen atoms in total. The fourth-order valence-corrected chi connectivity index (χ4v) is 3.51. The number of carbonyl (C=O) groups is 2. The van der Waals surface area contributed by atoms with Gasteiger partial charge in [-0.15, -0.1) is 0 Å². The number of amides is 2. The van der Waals surface area contributed by atoms with E-state index in [1.807, 2.05) is 24.3 Å². The number of rotatable bonds is 3. The third-order valence-electron chi connectivity index (χ3n) is 4.60. The molecule has 2 heterocycles. The maximum Gasteiger partial charge on any atom is 0.248 e. The van der Waals surface area contributed by atoms with Gasteiger partial charge in [-0.25, -0.2) is 0 Å². The molecular formula is C16H20ClN3O3. The summed E-state index contributed by atoms with van der Waals surface area (Å²) in [6.45, 7) is 2.06. The Kier molecular flexibility index (Phi) is 4.57. The summed E-state index contributed by atoms with van der Waals surface area (Å²) < 4.78 is 0. The molecule has 2 fully saturated rings. The van der Waals surface area contributed by atoms with E-state index in [2.05, 4.69) is 4.90 Å². The highest BCUT2D eigenvalue weighted by molar-refractivity contribution is 6.30. The molecule has 3 rings (SSSR count). The van der Waals surface area contributed by atoms with Crippen molar-refractivity contribution in [3.05, 3.63) is 34.9 Å². The van der Waals surface area contributed by atoms with Crippen molar-refractivity contribution >= 4 is 23.4 Å². The van der Waals surface area contributed by atoms with Crippen molar-refractivity contribution < 1.29 is 14.7 Å². The summed E-state index contributed by atoms with van der Waals surface area (Å²) in [5.41, 5.74) is 1.09. The van der Waals surface area contributed by atoms with Gasteiger partial charge in [-0.2, -0.15) is 0 Å². The lowest BCUT2D eigenvalue weighted by Gasteiger charge is -2.48. The molecule has 1 aromatic rings. The van der Waals surface area contributed by atoms with E-state index < -0.39 is 12.1 Å². The molecule has 1 aromatic carbocycles. The lowest BCUT2D eigenvalue weighted by Crippen LogP contribution is -2.69. The van der Waals surface area contributed by atoms with Gasteiger partial charge in [0.05, 0.1) is 6.61 Å². The minimum absolute atomic E-state index is 0.112. The van der Waals surface area contributed by atoms with Crippen molar-refractivity contribution in [3.63, 3.8) is 0 Å². The fourth-order valence-electron chi connectivity index (χ4n) is 3.30. The smallest absolute Gasteiger partial charge is 0.248 e. The number of nitrogens with zero attached hydrogens (tertiary/aromatic N) is 3. The number of benzene rings is 1. The largest absolute Gasteiger partial charge is 0.394 e. The van der Waals surface area contributed by atoms with Crippen LogP contribution in [0.15, 0.2) is 24.3 Å². The molecule has 0 radical (unpaired) electrons.